The highest BCUT2D eigenvalue weighted by Gasteiger charge is 2.21. The van der Waals surface area contributed by atoms with Crippen molar-refractivity contribution in [2.45, 2.75) is 12.6 Å². The molecule has 3 aromatic rings. The Morgan fingerprint density at radius 3 is 2.85 bits per heavy atom. The monoisotopic (exact) mass is 354 g/mol. The van der Waals surface area contributed by atoms with Crippen LogP contribution in [-0.4, -0.2) is 20.6 Å². The van der Waals surface area contributed by atoms with E-state index in [-0.39, 0.29) is 5.56 Å². The number of benzene rings is 1. The Hall–Kier alpha value is -3.47. The molecular weight excluding hydrogens is 336 g/mol. The van der Waals surface area contributed by atoms with Gasteiger partial charge in [0.15, 0.2) is 5.52 Å². The summed E-state index contributed by atoms with van der Waals surface area (Å²) >= 11 is 0. The van der Waals surface area contributed by atoms with E-state index in [1.54, 1.807) is 29.2 Å². The van der Waals surface area contributed by atoms with Crippen molar-refractivity contribution in [2.24, 2.45) is 5.92 Å². The molecule has 2 aromatic heterocycles. The zero-order chi connectivity index (χ0) is 18.2. The average Bonchev–Trinajstić information content (AvgIpc) is 3.19. The first-order valence-electron chi connectivity index (χ1n) is 9.00. The van der Waals surface area contributed by atoms with Crippen LogP contribution >= 0.6 is 0 Å². The van der Waals surface area contributed by atoms with Crippen LogP contribution in [0.3, 0.4) is 0 Å². The Bertz CT molecular complexity index is 1150. The maximum atomic E-state index is 12.6. The molecule has 0 bridgehead atoms. The fourth-order valence-electron chi connectivity index (χ4n) is 3.61. The largest absolute Gasteiger partial charge is 0.384 e. The molecule has 0 amide bonds. The summed E-state index contributed by atoms with van der Waals surface area (Å²) in [4.78, 5) is 21.1. The quantitative estimate of drug-likeness (QED) is 0.786. The molecule has 3 heterocycles. The van der Waals surface area contributed by atoms with Crippen LogP contribution in [0.5, 0.6) is 0 Å². The van der Waals surface area contributed by atoms with E-state index >= 15 is 0 Å². The average molecular weight is 354 g/mol. The van der Waals surface area contributed by atoms with Crippen LogP contribution in [0.1, 0.15) is 11.1 Å². The molecule has 1 N–H and O–H groups in total. The van der Waals surface area contributed by atoms with Gasteiger partial charge in [0.2, 0.25) is 0 Å². The van der Waals surface area contributed by atoms with Gasteiger partial charge in [-0.25, -0.2) is 9.97 Å². The number of nitrogens with zero attached hydrogens (tertiary/aromatic N) is 3. The summed E-state index contributed by atoms with van der Waals surface area (Å²) in [5.41, 5.74) is 4.37. The van der Waals surface area contributed by atoms with Crippen molar-refractivity contribution in [1.29, 1.82) is 0 Å². The summed E-state index contributed by atoms with van der Waals surface area (Å²) in [6, 6.07) is 12.3. The molecule has 5 rings (SSSR count). The number of hydrogen-bond donors (Lipinski definition) is 1. The number of aromatic nitrogens is 3. The highest BCUT2D eigenvalue weighted by atomic mass is 16.1. The molecule has 1 aliphatic heterocycles. The van der Waals surface area contributed by atoms with E-state index in [2.05, 4.69) is 63.9 Å². The highest BCUT2D eigenvalue weighted by molar-refractivity contribution is 5.76. The molecule has 132 valence electrons. The van der Waals surface area contributed by atoms with Gasteiger partial charge in [-0.05, 0) is 35.0 Å². The third kappa shape index (κ3) is 2.87. The lowest BCUT2D eigenvalue weighted by Crippen LogP contribution is -2.24. The van der Waals surface area contributed by atoms with Crippen LogP contribution < -0.4 is 10.9 Å². The van der Waals surface area contributed by atoms with Gasteiger partial charge in [-0.2, -0.15) is 0 Å². The third-order valence-electron chi connectivity index (χ3n) is 5.10. The molecule has 0 fully saturated rings. The second-order valence-electron chi connectivity index (χ2n) is 6.86. The van der Waals surface area contributed by atoms with Crippen molar-refractivity contribution in [3.05, 3.63) is 101 Å². The Morgan fingerprint density at radius 2 is 1.96 bits per heavy atom. The van der Waals surface area contributed by atoms with Gasteiger partial charge < -0.3 is 5.32 Å². The molecule has 5 heteroatoms. The Kier molecular flexibility index (Phi) is 3.71. The standard InChI is InChI=1S/C22H18N4O/c27-22-21-20(2-1-10-24-21)25-14-26(22)13-15-3-5-16(6-4-15)17-7-8-19-18(12-17)9-11-23-19/h1-12,14,18-19,23H,13H2. The van der Waals surface area contributed by atoms with Crippen LogP contribution in [0.15, 0.2) is 84.2 Å². The van der Waals surface area contributed by atoms with Crippen molar-refractivity contribution in [2.75, 3.05) is 0 Å². The molecule has 5 nitrogen and oxygen atoms in total. The number of nitrogens with one attached hydrogen (secondary N) is 1. The summed E-state index contributed by atoms with van der Waals surface area (Å²) < 4.78 is 1.60. The van der Waals surface area contributed by atoms with E-state index in [0.29, 0.717) is 29.5 Å². The van der Waals surface area contributed by atoms with Crippen molar-refractivity contribution in [1.82, 2.24) is 19.9 Å². The van der Waals surface area contributed by atoms with Crippen molar-refractivity contribution >= 4 is 16.6 Å². The molecule has 0 saturated heterocycles. The van der Waals surface area contributed by atoms with Gasteiger partial charge in [0.1, 0.15) is 0 Å². The van der Waals surface area contributed by atoms with Gasteiger partial charge in [0.25, 0.3) is 5.56 Å². The number of allylic oxidation sites excluding steroid dienone is 2. The van der Waals surface area contributed by atoms with Crippen LogP contribution in [-0.2, 0) is 6.54 Å². The van der Waals surface area contributed by atoms with Crippen molar-refractivity contribution < 1.29 is 0 Å². The molecule has 1 aromatic carbocycles. The minimum Gasteiger partial charge on any atom is -0.384 e. The summed E-state index contributed by atoms with van der Waals surface area (Å²) in [6.07, 6.45) is 14.1. The van der Waals surface area contributed by atoms with Crippen LogP contribution in [0.2, 0.25) is 0 Å². The molecular formula is C22H18N4O. The number of rotatable bonds is 3. The minimum atomic E-state index is -0.117. The molecule has 2 atom stereocenters. The van der Waals surface area contributed by atoms with Crippen LogP contribution in [0, 0.1) is 5.92 Å². The first-order valence-corrected chi connectivity index (χ1v) is 9.00. The molecule has 0 radical (unpaired) electrons. The van der Waals surface area contributed by atoms with Gasteiger partial charge in [0.05, 0.1) is 24.4 Å². The lowest BCUT2D eigenvalue weighted by Gasteiger charge is -2.19. The molecule has 2 aliphatic rings. The molecule has 27 heavy (non-hydrogen) atoms. The van der Waals surface area contributed by atoms with Gasteiger partial charge in [0, 0.05) is 12.1 Å². The number of pyridine rings is 1. The summed E-state index contributed by atoms with van der Waals surface area (Å²) in [5, 5.41) is 3.33. The van der Waals surface area contributed by atoms with E-state index in [9.17, 15) is 4.79 Å². The van der Waals surface area contributed by atoms with Crippen molar-refractivity contribution in [3.63, 3.8) is 0 Å². The smallest absolute Gasteiger partial charge is 0.280 e. The maximum absolute atomic E-state index is 12.6. The SMILES string of the molecule is O=c1c2ncccc2ncn1Cc1ccc(C2=CC3C=CNC3C=C2)cc1. The van der Waals surface area contributed by atoms with E-state index in [4.69, 9.17) is 0 Å². The highest BCUT2D eigenvalue weighted by Crippen LogP contribution is 2.28. The number of fused-ring (bicyclic) bond motifs is 2. The zero-order valence-electron chi connectivity index (χ0n) is 14.6. The van der Waals surface area contributed by atoms with E-state index < -0.39 is 0 Å². The lowest BCUT2D eigenvalue weighted by molar-refractivity contribution is 0.651. The number of hydrogen-bond acceptors (Lipinski definition) is 4. The van der Waals surface area contributed by atoms with Crippen LogP contribution in [0.25, 0.3) is 16.6 Å². The second kappa shape index (κ2) is 6.36. The Labute approximate surface area is 156 Å². The van der Waals surface area contributed by atoms with Crippen molar-refractivity contribution in [3.8, 4) is 0 Å². The third-order valence-corrected chi connectivity index (χ3v) is 5.10. The van der Waals surface area contributed by atoms with Gasteiger partial charge in [-0.1, -0.05) is 48.6 Å². The first kappa shape index (κ1) is 15.8. The Morgan fingerprint density at radius 1 is 1.07 bits per heavy atom. The van der Waals surface area contributed by atoms with E-state index in [1.807, 2.05) is 6.20 Å². The predicted molar refractivity (Wildman–Crippen MR) is 106 cm³/mol. The molecule has 1 aliphatic carbocycles. The molecule has 0 saturated carbocycles. The minimum absolute atomic E-state index is 0.117. The van der Waals surface area contributed by atoms with Gasteiger partial charge >= 0.3 is 0 Å². The van der Waals surface area contributed by atoms with Gasteiger partial charge in [-0.3, -0.25) is 9.36 Å². The normalized spacial score (nSPS) is 20.4. The van der Waals surface area contributed by atoms with E-state index in [1.165, 1.54) is 11.1 Å². The second-order valence-corrected chi connectivity index (χ2v) is 6.86. The fraction of sp³-hybridized carbons (Fsp3) is 0.136. The summed E-state index contributed by atoms with van der Waals surface area (Å²) in [7, 11) is 0. The summed E-state index contributed by atoms with van der Waals surface area (Å²) in [6.45, 7) is 0.477. The predicted octanol–water partition coefficient (Wildman–Crippen LogP) is 2.89. The lowest BCUT2D eigenvalue weighted by atomic mass is 9.90. The Balaban J connectivity index is 1.40. The molecule has 2 unspecified atom stereocenters. The summed E-state index contributed by atoms with van der Waals surface area (Å²) in [5.74, 6) is 0.416. The zero-order valence-corrected chi connectivity index (χ0v) is 14.6. The fourth-order valence-corrected chi connectivity index (χ4v) is 3.61. The maximum Gasteiger partial charge on any atom is 0.280 e. The van der Waals surface area contributed by atoms with E-state index in [0.717, 1.165) is 5.56 Å². The van der Waals surface area contributed by atoms with Crippen LogP contribution in [0.4, 0.5) is 0 Å². The topological polar surface area (TPSA) is 59.8 Å². The molecule has 0 spiro atoms. The first-order chi connectivity index (χ1) is 13.3. The van der Waals surface area contributed by atoms with Gasteiger partial charge in [-0.15, -0.1) is 0 Å².